The number of carbonyl (C=O) groups is 1. The van der Waals surface area contributed by atoms with Crippen LogP contribution in [-0.2, 0) is 0 Å². The fraction of sp³-hybridized carbons (Fsp3) is 0.0500. The van der Waals surface area contributed by atoms with Gasteiger partial charge in [0.15, 0.2) is 5.78 Å². The molecule has 2 aromatic carbocycles. The van der Waals surface area contributed by atoms with Gasteiger partial charge in [0.1, 0.15) is 17.3 Å². The van der Waals surface area contributed by atoms with E-state index in [4.69, 9.17) is 9.15 Å². The molecule has 0 aliphatic carbocycles. The Balaban J connectivity index is 1.74. The van der Waals surface area contributed by atoms with Crippen molar-refractivity contribution in [3.8, 4) is 17.1 Å². The molecule has 0 spiro atoms. The number of carbonyl (C=O) groups excluding carboxylic acids is 1. The number of furan rings is 1. The molecule has 1 aromatic heterocycles. The molecule has 0 atom stereocenters. The van der Waals surface area contributed by atoms with E-state index in [-0.39, 0.29) is 5.78 Å². The lowest BCUT2D eigenvalue weighted by Gasteiger charge is -2.00. The minimum absolute atomic E-state index is 0.0482. The summed E-state index contributed by atoms with van der Waals surface area (Å²) in [6, 6.07) is 20.5. The number of rotatable bonds is 5. The topological polar surface area (TPSA) is 39.4 Å². The molecule has 0 aliphatic rings. The van der Waals surface area contributed by atoms with Crippen molar-refractivity contribution in [2.45, 2.75) is 0 Å². The van der Waals surface area contributed by atoms with Crippen molar-refractivity contribution < 1.29 is 13.9 Å². The maximum atomic E-state index is 12.0. The zero-order valence-corrected chi connectivity index (χ0v) is 12.7. The molecule has 1 heterocycles. The van der Waals surface area contributed by atoms with Gasteiger partial charge in [-0.1, -0.05) is 30.3 Å². The van der Waals surface area contributed by atoms with E-state index in [2.05, 4.69) is 0 Å². The molecule has 0 saturated heterocycles. The summed E-state index contributed by atoms with van der Waals surface area (Å²) < 4.78 is 10.9. The average Bonchev–Trinajstić information content (AvgIpc) is 3.09. The summed E-state index contributed by atoms with van der Waals surface area (Å²) in [4.78, 5) is 12.0. The van der Waals surface area contributed by atoms with Crippen molar-refractivity contribution in [1.29, 1.82) is 0 Å². The summed E-state index contributed by atoms with van der Waals surface area (Å²) in [6.07, 6.45) is 3.20. The van der Waals surface area contributed by atoms with Crippen LogP contribution in [0.1, 0.15) is 16.1 Å². The van der Waals surface area contributed by atoms with Gasteiger partial charge < -0.3 is 9.15 Å². The number of benzene rings is 2. The first kappa shape index (κ1) is 14.9. The normalized spacial score (nSPS) is 10.8. The molecule has 0 bridgehead atoms. The van der Waals surface area contributed by atoms with Crippen LogP contribution in [0, 0.1) is 0 Å². The second kappa shape index (κ2) is 6.79. The summed E-state index contributed by atoms with van der Waals surface area (Å²) in [6.45, 7) is 0. The van der Waals surface area contributed by atoms with Gasteiger partial charge >= 0.3 is 0 Å². The lowest BCUT2D eigenvalue weighted by molar-refractivity contribution is 0.104. The highest BCUT2D eigenvalue weighted by atomic mass is 16.5. The Morgan fingerprint density at radius 1 is 0.957 bits per heavy atom. The van der Waals surface area contributed by atoms with Gasteiger partial charge in [-0.05, 0) is 48.6 Å². The van der Waals surface area contributed by atoms with Crippen molar-refractivity contribution >= 4 is 11.9 Å². The molecule has 0 fully saturated rings. The molecule has 23 heavy (non-hydrogen) atoms. The molecule has 0 saturated carbocycles. The molecule has 3 nitrogen and oxygen atoms in total. The molecular weight excluding hydrogens is 288 g/mol. The van der Waals surface area contributed by atoms with Gasteiger partial charge in [-0.25, -0.2) is 0 Å². The van der Waals surface area contributed by atoms with E-state index in [9.17, 15) is 4.79 Å². The summed E-state index contributed by atoms with van der Waals surface area (Å²) >= 11 is 0. The first-order valence-corrected chi connectivity index (χ1v) is 7.28. The van der Waals surface area contributed by atoms with E-state index in [0.29, 0.717) is 11.3 Å². The van der Waals surface area contributed by atoms with E-state index in [1.54, 1.807) is 25.3 Å². The van der Waals surface area contributed by atoms with Gasteiger partial charge in [0.05, 0.1) is 7.11 Å². The summed E-state index contributed by atoms with van der Waals surface area (Å²) in [7, 11) is 1.63. The minimum atomic E-state index is -0.0482. The highest BCUT2D eigenvalue weighted by molar-refractivity contribution is 6.06. The summed E-state index contributed by atoms with van der Waals surface area (Å²) in [5.41, 5.74) is 1.62. The molecule has 3 aromatic rings. The Labute approximate surface area is 134 Å². The monoisotopic (exact) mass is 304 g/mol. The molecule has 0 aliphatic heterocycles. The number of hydrogen-bond acceptors (Lipinski definition) is 3. The van der Waals surface area contributed by atoms with Crippen LogP contribution in [0.5, 0.6) is 5.75 Å². The Bertz CT molecular complexity index is 812. The number of allylic oxidation sites excluding steroid dienone is 1. The molecular formula is C20H16O3. The van der Waals surface area contributed by atoms with Crippen molar-refractivity contribution in [2.75, 3.05) is 7.11 Å². The van der Waals surface area contributed by atoms with Crippen LogP contribution in [0.3, 0.4) is 0 Å². The summed E-state index contributed by atoms with van der Waals surface area (Å²) in [5.74, 6) is 2.14. The maximum absolute atomic E-state index is 12.0. The molecule has 0 radical (unpaired) electrons. The second-order valence-electron chi connectivity index (χ2n) is 4.99. The van der Waals surface area contributed by atoms with E-state index >= 15 is 0 Å². The maximum Gasteiger partial charge on any atom is 0.185 e. The molecule has 3 rings (SSSR count). The highest BCUT2D eigenvalue weighted by Gasteiger charge is 2.04. The lowest BCUT2D eigenvalue weighted by Crippen LogP contribution is -1.92. The Morgan fingerprint density at radius 3 is 2.39 bits per heavy atom. The van der Waals surface area contributed by atoms with Gasteiger partial charge in [0, 0.05) is 11.1 Å². The van der Waals surface area contributed by atoms with Crippen LogP contribution in [0.4, 0.5) is 0 Å². The predicted octanol–water partition coefficient (Wildman–Crippen LogP) is 4.85. The van der Waals surface area contributed by atoms with E-state index < -0.39 is 0 Å². The zero-order valence-electron chi connectivity index (χ0n) is 12.7. The van der Waals surface area contributed by atoms with Crippen LogP contribution >= 0.6 is 0 Å². The first-order valence-electron chi connectivity index (χ1n) is 7.28. The molecule has 0 amide bonds. The molecule has 0 unspecified atom stereocenters. The standard InChI is InChI=1S/C20H16O3/c1-22-17-9-7-16(8-10-17)20-14-12-18(23-20)11-13-19(21)15-5-3-2-4-6-15/h2-14H,1H3. The third-order valence-electron chi connectivity index (χ3n) is 3.46. The van der Waals surface area contributed by atoms with Crippen LogP contribution in [-0.4, -0.2) is 12.9 Å². The quantitative estimate of drug-likeness (QED) is 0.499. The fourth-order valence-corrected chi connectivity index (χ4v) is 2.21. The fourth-order valence-electron chi connectivity index (χ4n) is 2.21. The Morgan fingerprint density at radius 2 is 1.70 bits per heavy atom. The van der Waals surface area contributed by atoms with Gasteiger partial charge in [0.25, 0.3) is 0 Å². The largest absolute Gasteiger partial charge is 0.497 e. The molecule has 114 valence electrons. The third-order valence-corrected chi connectivity index (χ3v) is 3.46. The smallest absolute Gasteiger partial charge is 0.185 e. The van der Waals surface area contributed by atoms with E-state index in [1.165, 1.54) is 6.08 Å². The van der Waals surface area contributed by atoms with E-state index in [0.717, 1.165) is 17.1 Å². The Kier molecular flexibility index (Phi) is 4.39. The van der Waals surface area contributed by atoms with Crippen molar-refractivity contribution in [3.05, 3.63) is 84.1 Å². The van der Waals surface area contributed by atoms with Crippen molar-refractivity contribution in [1.82, 2.24) is 0 Å². The van der Waals surface area contributed by atoms with Gasteiger partial charge in [0.2, 0.25) is 0 Å². The van der Waals surface area contributed by atoms with E-state index in [1.807, 2.05) is 54.6 Å². The van der Waals surface area contributed by atoms with Crippen molar-refractivity contribution in [3.63, 3.8) is 0 Å². The predicted molar refractivity (Wildman–Crippen MR) is 90.5 cm³/mol. The number of hydrogen-bond donors (Lipinski definition) is 0. The number of ketones is 1. The SMILES string of the molecule is COc1ccc(-c2ccc(C=CC(=O)c3ccccc3)o2)cc1. The second-order valence-corrected chi connectivity index (χ2v) is 4.99. The van der Waals surface area contributed by atoms with Gasteiger partial charge in [-0.15, -0.1) is 0 Å². The van der Waals surface area contributed by atoms with Gasteiger partial charge in [-0.2, -0.15) is 0 Å². The van der Waals surface area contributed by atoms with Gasteiger partial charge in [-0.3, -0.25) is 4.79 Å². The van der Waals surface area contributed by atoms with Crippen molar-refractivity contribution in [2.24, 2.45) is 0 Å². The molecule has 0 N–H and O–H groups in total. The summed E-state index contributed by atoms with van der Waals surface area (Å²) in [5, 5.41) is 0. The highest BCUT2D eigenvalue weighted by Crippen LogP contribution is 2.25. The minimum Gasteiger partial charge on any atom is -0.497 e. The Hall–Kier alpha value is -3.07. The van der Waals surface area contributed by atoms with Crippen LogP contribution in [0.15, 0.2) is 77.2 Å². The third kappa shape index (κ3) is 3.58. The zero-order chi connectivity index (χ0) is 16.1. The lowest BCUT2D eigenvalue weighted by atomic mass is 10.1. The van der Waals surface area contributed by atoms with Crippen LogP contribution < -0.4 is 4.74 Å². The molecule has 3 heteroatoms. The first-order chi connectivity index (χ1) is 11.3. The number of ether oxygens (including phenoxy) is 1. The number of methoxy groups -OCH3 is 1. The average molecular weight is 304 g/mol. The van der Waals surface area contributed by atoms with Crippen LogP contribution in [0.25, 0.3) is 17.4 Å². The van der Waals surface area contributed by atoms with Crippen LogP contribution in [0.2, 0.25) is 0 Å².